The maximum absolute atomic E-state index is 12.8. The molecule has 0 aliphatic carbocycles. The van der Waals surface area contributed by atoms with E-state index in [0.717, 1.165) is 22.4 Å². The number of carbonyl (C=O) groups is 1. The zero-order valence-corrected chi connectivity index (χ0v) is 12.4. The van der Waals surface area contributed by atoms with Gasteiger partial charge in [0.05, 0.1) is 0 Å². The summed E-state index contributed by atoms with van der Waals surface area (Å²) in [7, 11) is 0. The zero-order valence-electron chi connectivity index (χ0n) is 12.4. The van der Waals surface area contributed by atoms with Crippen LogP contribution in [0.5, 0.6) is 0 Å². The van der Waals surface area contributed by atoms with E-state index in [1.54, 1.807) is 18.2 Å². The number of halogens is 1. The number of hydrogen-bond acceptors (Lipinski definition) is 1. The largest absolute Gasteiger partial charge is 0.322 e. The molecule has 0 aliphatic rings. The van der Waals surface area contributed by atoms with Crippen molar-refractivity contribution < 1.29 is 9.18 Å². The quantitative estimate of drug-likeness (QED) is 0.831. The van der Waals surface area contributed by atoms with Crippen molar-refractivity contribution in [3.05, 3.63) is 70.5 Å². The van der Waals surface area contributed by atoms with E-state index in [1.807, 2.05) is 32.9 Å². The molecule has 0 fully saturated rings. The molecule has 0 saturated heterocycles. The fourth-order valence-electron chi connectivity index (χ4n) is 2.29. The van der Waals surface area contributed by atoms with Gasteiger partial charge >= 0.3 is 0 Å². The number of anilines is 1. The van der Waals surface area contributed by atoms with Crippen LogP contribution in [0.15, 0.2) is 42.5 Å². The number of rotatable bonds is 3. The highest BCUT2D eigenvalue weighted by Crippen LogP contribution is 2.21. The minimum Gasteiger partial charge on any atom is -0.322 e. The molecule has 0 unspecified atom stereocenters. The Morgan fingerprint density at radius 1 is 1.05 bits per heavy atom. The topological polar surface area (TPSA) is 29.1 Å². The van der Waals surface area contributed by atoms with Crippen LogP contribution in [0.2, 0.25) is 0 Å². The van der Waals surface area contributed by atoms with Gasteiger partial charge in [-0.05, 0) is 55.7 Å². The first-order chi connectivity index (χ1) is 9.95. The van der Waals surface area contributed by atoms with Gasteiger partial charge in [0.1, 0.15) is 5.82 Å². The van der Waals surface area contributed by atoms with Crippen molar-refractivity contribution in [2.24, 2.45) is 0 Å². The van der Waals surface area contributed by atoms with E-state index in [2.05, 4.69) is 5.32 Å². The second-order valence-electron chi connectivity index (χ2n) is 5.15. The molecule has 2 aromatic rings. The highest BCUT2D eigenvalue weighted by atomic mass is 19.1. The zero-order chi connectivity index (χ0) is 15.4. The Hall–Kier alpha value is -2.42. The predicted octanol–water partition coefficient (Wildman–Crippen LogP) is 4.40. The molecule has 0 heterocycles. The molecule has 2 nitrogen and oxygen atoms in total. The van der Waals surface area contributed by atoms with Gasteiger partial charge in [0.15, 0.2) is 0 Å². The number of benzene rings is 2. The second-order valence-corrected chi connectivity index (χ2v) is 5.15. The van der Waals surface area contributed by atoms with E-state index in [-0.39, 0.29) is 11.7 Å². The van der Waals surface area contributed by atoms with Crippen LogP contribution in [-0.2, 0) is 4.79 Å². The van der Waals surface area contributed by atoms with Gasteiger partial charge < -0.3 is 5.32 Å². The van der Waals surface area contributed by atoms with Crippen LogP contribution >= 0.6 is 0 Å². The van der Waals surface area contributed by atoms with E-state index in [9.17, 15) is 9.18 Å². The Kier molecular flexibility index (Phi) is 4.53. The molecule has 1 N–H and O–H groups in total. The van der Waals surface area contributed by atoms with Crippen LogP contribution in [0, 0.1) is 26.6 Å². The Morgan fingerprint density at radius 3 is 2.19 bits per heavy atom. The fraction of sp³-hybridized carbons (Fsp3) is 0.167. The molecule has 3 heteroatoms. The number of carbonyl (C=O) groups excluding carboxylic acids is 1. The summed E-state index contributed by atoms with van der Waals surface area (Å²) in [6, 6.07) is 10.1. The summed E-state index contributed by atoms with van der Waals surface area (Å²) in [5, 5.41) is 2.89. The summed E-state index contributed by atoms with van der Waals surface area (Å²) in [5.74, 6) is -0.489. The van der Waals surface area contributed by atoms with Gasteiger partial charge in [-0.1, -0.05) is 29.8 Å². The number of hydrogen-bond donors (Lipinski definition) is 1. The van der Waals surface area contributed by atoms with Crippen molar-refractivity contribution in [1.82, 2.24) is 0 Å². The molecule has 0 radical (unpaired) electrons. The molecule has 0 aromatic heterocycles. The monoisotopic (exact) mass is 283 g/mol. The van der Waals surface area contributed by atoms with E-state index >= 15 is 0 Å². The number of amides is 1. The summed E-state index contributed by atoms with van der Waals surface area (Å²) in [5.41, 5.74) is 4.87. The van der Waals surface area contributed by atoms with Gasteiger partial charge in [0.25, 0.3) is 0 Å². The average molecular weight is 283 g/mol. The predicted molar refractivity (Wildman–Crippen MR) is 84.7 cm³/mol. The Balaban J connectivity index is 2.10. The van der Waals surface area contributed by atoms with E-state index in [1.165, 1.54) is 23.8 Å². The third-order valence-corrected chi connectivity index (χ3v) is 3.22. The molecule has 1 amide bonds. The van der Waals surface area contributed by atoms with Gasteiger partial charge in [-0.2, -0.15) is 0 Å². The van der Waals surface area contributed by atoms with Crippen molar-refractivity contribution >= 4 is 17.7 Å². The molecular formula is C18H18FNO. The van der Waals surface area contributed by atoms with Gasteiger partial charge in [-0.15, -0.1) is 0 Å². The van der Waals surface area contributed by atoms with E-state index in [4.69, 9.17) is 0 Å². The third kappa shape index (κ3) is 4.02. The molecule has 0 spiro atoms. The number of aryl methyl sites for hydroxylation is 3. The minimum atomic E-state index is -0.289. The molecule has 108 valence electrons. The standard InChI is InChI=1S/C18H18FNO/c1-12-10-13(2)18(14(3)11-12)20-17(21)9-6-15-4-7-16(19)8-5-15/h4-11H,1-3H3,(H,20,21)/b9-6+. The summed E-state index contributed by atoms with van der Waals surface area (Å²) in [4.78, 5) is 12.0. The van der Waals surface area contributed by atoms with Crippen molar-refractivity contribution in [3.8, 4) is 0 Å². The van der Waals surface area contributed by atoms with Crippen LogP contribution in [0.3, 0.4) is 0 Å². The molecule has 0 saturated carbocycles. The summed E-state index contributed by atoms with van der Waals surface area (Å²) in [6.07, 6.45) is 3.11. The van der Waals surface area contributed by atoms with Crippen LogP contribution in [-0.4, -0.2) is 5.91 Å². The lowest BCUT2D eigenvalue weighted by Crippen LogP contribution is -2.10. The first-order valence-corrected chi connectivity index (χ1v) is 6.78. The SMILES string of the molecule is Cc1cc(C)c(NC(=O)/C=C/c2ccc(F)cc2)c(C)c1. The van der Waals surface area contributed by atoms with Crippen molar-refractivity contribution in [2.45, 2.75) is 20.8 Å². The molecule has 2 aromatic carbocycles. The first-order valence-electron chi connectivity index (χ1n) is 6.78. The van der Waals surface area contributed by atoms with Crippen molar-refractivity contribution in [3.63, 3.8) is 0 Å². The molecule has 0 atom stereocenters. The van der Waals surface area contributed by atoms with Crippen LogP contribution in [0.1, 0.15) is 22.3 Å². The lowest BCUT2D eigenvalue weighted by molar-refractivity contribution is -0.111. The van der Waals surface area contributed by atoms with E-state index < -0.39 is 0 Å². The fourth-order valence-corrected chi connectivity index (χ4v) is 2.29. The summed E-state index contributed by atoms with van der Waals surface area (Å²) >= 11 is 0. The molecule has 21 heavy (non-hydrogen) atoms. The van der Waals surface area contributed by atoms with Crippen LogP contribution in [0.25, 0.3) is 6.08 Å². The molecule has 2 rings (SSSR count). The highest BCUT2D eigenvalue weighted by Gasteiger charge is 2.06. The molecular weight excluding hydrogens is 265 g/mol. The van der Waals surface area contributed by atoms with Crippen molar-refractivity contribution in [1.29, 1.82) is 0 Å². The lowest BCUT2D eigenvalue weighted by atomic mass is 10.1. The summed E-state index contributed by atoms with van der Waals surface area (Å²) < 4.78 is 12.8. The Morgan fingerprint density at radius 2 is 1.62 bits per heavy atom. The van der Waals surface area contributed by atoms with Crippen LogP contribution < -0.4 is 5.32 Å². The van der Waals surface area contributed by atoms with E-state index in [0.29, 0.717) is 0 Å². The highest BCUT2D eigenvalue weighted by molar-refractivity contribution is 6.02. The second kappa shape index (κ2) is 6.35. The number of nitrogens with one attached hydrogen (secondary N) is 1. The smallest absolute Gasteiger partial charge is 0.248 e. The normalized spacial score (nSPS) is 10.9. The Bertz CT molecular complexity index is 664. The molecule has 0 aliphatic heterocycles. The summed E-state index contributed by atoms with van der Waals surface area (Å²) in [6.45, 7) is 5.97. The Labute approximate surface area is 124 Å². The van der Waals surface area contributed by atoms with Crippen molar-refractivity contribution in [2.75, 3.05) is 5.32 Å². The maximum Gasteiger partial charge on any atom is 0.248 e. The van der Waals surface area contributed by atoms with Gasteiger partial charge in [-0.25, -0.2) is 4.39 Å². The van der Waals surface area contributed by atoms with Gasteiger partial charge in [0.2, 0.25) is 5.91 Å². The lowest BCUT2D eigenvalue weighted by Gasteiger charge is -2.11. The minimum absolute atomic E-state index is 0.200. The first kappa shape index (κ1) is 15.0. The maximum atomic E-state index is 12.8. The van der Waals surface area contributed by atoms with Gasteiger partial charge in [0, 0.05) is 11.8 Å². The third-order valence-electron chi connectivity index (χ3n) is 3.22. The van der Waals surface area contributed by atoms with Crippen LogP contribution in [0.4, 0.5) is 10.1 Å². The average Bonchev–Trinajstić information content (AvgIpc) is 2.42. The molecule has 0 bridgehead atoms. The van der Waals surface area contributed by atoms with Gasteiger partial charge in [-0.3, -0.25) is 4.79 Å².